The van der Waals surface area contributed by atoms with Crippen LogP contribution in [-0.4, -0.2) is 12.4 Å². The van der Waals surface area contributed by atoms with Crippen LogP contribution in [0, 0.1) is 0 Å². The fourth-order valence-electron chi connectivity index (χ4n) is 3.34. The minimum Gasteiger partial charge on any atom is -0.488 e. The molecule has 0 amide bonds. The first kappa shape index (κ1) is 15.4. The Morgan fingerprint density at radius 1 is 0.923 bits per heavy atom. The number of furan rings is 1. The minimum absolute atomic E-state index is 0.00435. The Morgan fingerprint density at radius 2 is 1.77 bits per heavy atom. The number of ketones is 1. The summed E-state index contributed by atoms with van der Waals surface area (Å²) in [6.45, 7) is 0.275. The molecule has 0 atom stereocenters. The van der Waals surface area contributed by atoms with E-state index in [1.807, 2.05) is 54.6 Å². The van der Waals surface area contributed by atoms with E-state index in [1.54, 1.807) is 6.07 Å². The molecule has 0 saturated heterocycles. The molecule has 26 heavy (non-hydrogen) atoms. The van der Waals surface area contributed by atoms with E-state index >= 15 is 0 Å². The molecular formula is C22H13BrO3. The van der Waals surface area contributed by atoms with Crippen molar-refractivity contribution in [3.63, 3.8) is 0 Å². The second-order valence-corrected chi connectivity index (χ2v) is 7.20. The van der Waals surface area contributed by atoms with Crippen molar-refractivity contribution in [2.24, 2.45) is 0 Å². The first-order valence-electron chi connectivity index (χ1n) is 8.28. The molecule has 3 aromatic carbocycles. The van der Waals surface area contributed by atoms with E-state index in [0.717, 1.165) is 32.0 Å². The summed E-state index contributed by atoms with van der Waals surface area (Å²) in [5.41, 5.74) is 3.89. The van der Waals surface area contributed by atoms with Crippen LogP contribution in [0.2, 0.25) is 0 Å². The van der Waals surface area contributed by atoms with Gasteiger partial charge in [0.25, 0.3) is 0 Å². The largest absolute Gasteiger partial charge is 0.488 e. The van der Waals surface area contributed by atoms with Crippen molar-refractivity contribution in [2.45, 2.75) is 0 Å². The molecule has 0 aliphatic carbocycles. The molecule has 0 unspecified atom stereocenters. The van der Waals surface area contributed by atoms with Crippen LogP contribution in [0.3, 0.4) is 0 Å². The van der Waals surface area contributed by atoms with Gasteiger partial charge in [-0.1, -0.05) is 40.2 Å². The Kier molecular flexibility index (Phi) is 3.47. The lowest BCUT2D eigenvalue weighted by atomic mass is 9.98. The highest BCUT2D eigenvalue weighted by Crippen LogP contribution is 2.32. The number of carbonyl (C=O) groups excluding carboxylic acids is 1. The van der Waals surface area contributed by atoms with Crippen molar-refractivity contribution in [1.82, 2.24) is 0 Å². The van der Waals surface area contributed by atoms with Gasteiger partial charge in [-0.3, -0.25) is 4.79 Å². The molecule has 0 fully saturated rings. The van der Waals surface area contributed by atoms with Gasteiger partial charge in [0.1, 0.15) is 23.5 Å². The number of rotatable bonds is 1. The third-order valence-electron chi connectivity index (χ3n) is 4.60. The first-order chi connectivity index (χ1) is 12.7. The highest BCUT2D eigenvalue weighted by atomic mass is 79.9. The number of ether oxygens (including phenoxy) is 1. The Bertz CT molecular complexity index is 1220. The summed E-state index contributed by atoms with van der Waals surface area (Å²) in [6, 6.07) is 19.4. The zero-order valence-electron chi connectivity index (χ0n) is 13.7. The molecule has 0 radical (unpaired) electrons. The Labute approximate surface area is 158 Å². The highest BCUT2D eigenvalue weighted by molar-refractivity contribution is 9.10. The molecule has 126 valence electrons. The molecule has 5 rings (SSSR count). The molecular weight excluding hydrogens is 392 g/mol. The third-order valence-corrected chi connectivity index (χ3v) is 5.10. The maximum Gasteiger partial charge on any atom is 0.196 e. The van der Waals surface area contributed by atoms with Crippen molar-refractivity contribution < 1.29 is 13.9 Å². The molecule has 0 N–H and O–H groups in total. The van der Waals surface area contributed by atoms with Gasteiger partial charge in [0.2, 0.25) is 0 Å². The summed E-state index contributed by atoms with van der Waals surface area (Å²) >= 11 is 3.41. The average molecular weight is 405 g/mol. The fraction of sp³-hybridized carbons (Fsp3) is 0.0455. The van der Waals surface area contributed by atoms with Gasteiger partial charge in [0.05, 0.1) is 5.56 Å². The van der Waals surface area contributed by atoms with Crippen LogP contribution in [0.1, 0.15) is 15.9 Å². The van der Waals surface area contributed by atoms with E-state index in [4.69, 9.17) is 9.15 Å². The van der Waals surface area contributed by atoms with Crippen LogP contribution in [0.25, 0.3) is 28.0 Å². The zero-order valence-corrected chi connectivity index (χ0v) is 15.2. The maximum absolute atomic E-state index is 12.8. The molecule has 3 nitrogen and oxygen atoms in total. The molecule has 0 spiro atoms. The predicted octanol–water partition coefficient (Wildman–Crippen LogP) is 6.01. The van der Waals surface area contributed by atoms with Crippen molar-refractivity contribution in [3.05, 3.63) is 81.8 Å². The third kappa shape index (κ3) is 2.45. The Hall–Kier alpha value is -2.85. The van der Waals surface area contributed by atoms with Crippen molar-refractivity contribution in [2.75, 3.05) is 6.61 Å². The number of halogens is 1. The van der Waals surface area contributed by atoms with Crippen LogP contribution in [0.4, 0.5) is 0 Å². The highest BCUT2D eigenvalue weighted by Gasteiger charge is 2.23. The minimum atomic E-state index is 0.00435. The van der Waals surface area contributed by atoms with Gasteiger partial charge in [-0.25, -0.2) is 0 Å². The number of para-hydroxylation sites is 1. The van der Waals surface area contributed by atoms with Crippen LogP contribution < -0.4 is 4.74 Å². The standard InChI is InChI=1S/C22H13BrO3/c23-15-6-8-19-18(11-15)22(24)14(12-25-19)9-13-5-7-21-17(10-13)16-3-1-2-4-20(16)26-21/h1-11H,12H2/b14-9-. The van der Waals surface area contributed by atoms with Crippen molar-refractivity contribution in [1.29, 1.82) is 0 Å². The topological polar surface area (TPSA) is 39.4 Å². The summed E-state index contributed by atoms with van der Waals surface area (Å²) in [5, 5.41) is 2.12. The summed E-state index contributed by atoms with van der Waals surface area (Å²) in [6.07, 6.45) is 1.90. The van der Waals surface area contributed by atoms with Crippen LogP contribution in [-0.2, 0) is 0 Å². The molecule has 1 aliphatic heterocycles. The molecule has 1 aliphatic rings. The number of Topliss-reactive ketones (excluding diaryl/α,β-unsaturated/α-hetero) is 1. The average Bonchev–Trinajstić information content (AvgIpc) is 3.02. The Balaban J connectivity index is 1.60. The number of hydrogen-bond acceptors (Lipinski definition) is 3. The molecule has 4 aromatic rings. The molecule has 4 heteroatoms. The van der Waals surface area contributed by atoms with Crippen LogP contribution in [0.5, 0.6) is 5.75 Å². The van der Waals surface area contributed by atoms with E-state index in [9.17, 15) is 4.79 Å². The van der Waals surface area contributed by atoms with Crippen molar-refractivity contribution >= 4 is 49.7 Å². The summed E-state index contributed by atoms with van der Waals surface area (Å²) in [7, 11) is 0. The van der Waals surface area contributed by atoms with Gasteiger partial charge < -0.3 is 9.15 Å². The summed E-state index contributed by atoms with van der Waals surface area (Å²) in [5.74, 6) is 0.635. The number of carbonyl (C=O) groups is 1. The molecule has 0 saturated carbocycles. The van der Waals surface area contributed by atoms with Crippen molar-refractivity contribution in [3.8, 4) is 5.75 Å². The van der Waals surface area contributed by atoms with Crippen LogP contribution in [0.15, 0.2) is 75.1 Å². The number of benzene rings is 3. The van der Waals surface area contributed by atoms with Gasteiger partial charge in [0.15, 0.2) is 5.78 Å². The lowest BCUT2D eigenvalue weighted by Crippen LogP contribution is -2.18. The van der Waals surface area contributed by atoms with E-state index in [1.165, 1.54) is 0 Å². The number of hydrogen-bond donors (Lipinski definition) is 0. The Morgan fingerprint density at radius 3 is 2.69 bits per heavy atom. The first-order valence-corrected chi connectivity index (χ1v) is 9.07. The summed E-state index contributed by atoms with van der Waals surface area (Å²) in [4.78, 5) is 12.8. The molecule has 2 heterocycles. The summed E-state index contributed by atoms with van der Waals surface area (Å²) < 4.78 is 12.5. The zero-order chi connectivity index (χ0) is 17.7. The van der Waals surface area contributed by atoms with E-state index in [-0.39, 0.29) is 12.4 Å². The SMILES string of the molecule is O=C1/C(=C\c2ccc3oc4ccccc4c3c2)COc2ccc(Br)cc21. The smallest absolute Gasteiger partial charge is 0.196 e. The predicted molar refractivity (Wildman–Crippen MR) is 106 cm³/mol. The number of fused-ring (bicyclic) bond motifs is 4. The lowest BCUT2D eigenvalue weighted by molar-refractivity contribution is 0.100. The van der Waals surface area contributed by atoms with Gasteiger partial charge >= 0.3 is 0 Å². The maximum atomic E-state index is 12.8. The second-order valence-electron chi connectivity index (χ2n) is 6.28. The van der Waals surface area contributed by atoms with E-state index < -0.39 is 0 Å². The molecule has 0 bridgehead atoms. The van der Waals surface area contributed by atoms with Gasteiger partial charge in [-0.15, -0.1) is 0 Å². The normalized spacial score (nSPS) is 15.4. The van der Waals surface area contributed by atoms with Crippen LogP contribution >= 0.6 is 15.9 Å². The van der Waals surface area contributed by atoms with Gasteiger partial charge in [0, 0.05) is 20.8 Å². The lowest BCUT2D eigenvalue weighted by Gasteiger charge is -2.19. The monoisotopic (exact) mass is 404 g/mol. The fourth-order valence-corrected chi connectivity index (χ4v) is 3.70. The van der Waals surface area contributed by atoms with E-state index in [0.29, 0.717) is 16.9 Å². The molecule has 1 aromatic heterocycles. The second kappa shape index (κ2) is 5.85. The van der Waals surface area contributed by atoms with E-state index in [2.05, 4.69) is 22.0 Å². The van der Waals surface area contributed by atoms with Gasteiger partial charge in [-0.05, 0) is 48.0 Å². The quantitative estimate of drug-likeness (QED) is 0.364. The van der Waals surface area contributed by atoms with Gasteiger partial charge in [-0.2, -0.15) is 0 Å².